The summed E-state index contributed by atoms with van der Waals surface area (Å²) in [5.41, 5.74) is 1.66. The summed E-state index contributed by atoms with van der Waals surface area (Å²) in [7, 11) is 0. The molecule has 0 aromatic heterocycles. The third-order valence-corrected chi connectivity index (χ3v) is 4.25. The molecule has 2 amide bonds. The number of nitrogens with one attached hydrogen (secondary N) is 3. The van der Waals surface area contributed by atoms with Gasteiger partial charge >= 0.3 is 0 Å². The summed E-state index contributed by atoms with van der Waals surface area (Å²) in [5, 5.41) is 9.02. The van der Waals surface area contributed by atoms with E-state index in [2.05, 4.69) is 16.0 Å². The lowest BCUT2D eigenvalue weighted by atomic mass is 10.1. The second kappa shape index (κ2) is 11.0. The van der Waals surface area contributed by atoms with E-state index < -0.39 is 0 Å². The standard InChI is InChI=1S/C18H27N3O2.ClH/c1-2-19-11-12-20-17(22)16-9-7-14(8-10-16)13-21-18(23)15-5-3-4-6-15;/h7-10,15,19H,2-6,11-13H2,1H3,(H,20,22)(H,21,23);1H. The lowest BCUT2D eigenvalue weighted by Gasteiger charge is -2.11. The highest BCUT2D eigenvalue weighted by Crippen LogP contribution is 2.24. The molecule has 6 heteroatoms. The lowest BCUT2D eigenvalue weighted by Crippen LogP contribution is -2.31. The Balaban J connectivity index is 0.00000288. The Morgan fingerprint density at radius 3 is 2.33 bits per heavy atom. The molecule has 134 valence electrons. The smallest absolute Gasteiger partial charge is 0.251 e. The van der Waals surface area contributed by atoms with E-state index in [-0.39, 0.29) is 30.1 Å². The molecule has 1 aliphatic rings. The van der Waals surface area contributed by atoms with Crippen LogP contribution in [0.25, 0.3) is 0 Å². The monoisotopic (exact) mass is 353 g/mol. The van der Waals surface area contributed by atoms with Gasteiger partial charge < -0.3 is 16.0 Å². The second-order valence-electron chi connectivity index (χ2n) is 6.01. The van der Waals surface area contributed by atoms with Crippen LogP contribution in [0.1, 0.15) is 48.5 Å². The first-order valence-electron chi connectivity index (χ1n) is 8.56. The highest BCUT2D eigenvalue weighted by molar-refractivity contribution is 5.94. The van der Waals surface area contributed by atoms with Crippen molar-refractivity contribution in [2.75, 3.05) is 19.6 Å². The Morgan fingerprint density at radius 2 is 1.71 bits per heavy atom. The van der Waals surface area contributed by atoms with E-state index in [1.54, 1.807) is 12.1 Å². The number of rotatable bonds is 8. The largest absolute Gasteiger partial charge is 0.352 e. The minimum Gasteiger partial charge on any atom is -0.352 e. The van der Waals surface area contributed by atoms with E-state index in [1.165, 1.54) is 0 Å². The van der Waals surface area contributed by atoms with Crippen molar-refractivity contribution in [3.63, 3.8) is 0 Å². The average Bonchev–Trinajstić information content (AvgIpc) is 3.11. The lowest BCUT2D eigenvalue weighted by molar-refractivity contribution is -0.124. The van der Waals surface area contributed by atoms with Gasteiger partial charge in [0, 0.05) is 31.1 Å². The van der Waals surface area contributed by atoms with Crippen LogP contribution >= 0.6 is 12.4 Å². The van der Waals surface area contributed by atoms with E-state index in [9.17, 15) is 9.59 Å². The quantitative estimate of drug-likeness (QED) is 0.628. The van der Waals surface area contributed by atoms with Crippen LogP contribution in [0.5, 0.6) is 0 Å². The van der Waals surface area contributed by atoms with Crippen molar-refractivity contribution < 1.29 is 9.59 Å². The molecule has 5 nitrogen and oxygen atoms in total. The van der Waals surface area contributed by atoms with Crippen LogP contribution in [0.2, 0.25) is 0 Å². The fourth-order valence-electron chi connectivity index (χ4n) is 2.84. The van der Waals surface area contributed by atoms with Gasteiger partial charge in [-0.05, 0) is 37.1 Å². The molecule has 0 radical (unpaired) electrons. The molecule has 1 aliphatic carbocycles. The number of amides is 2. The van der Waals surface area contributed by atoms with E-state index >= 15 is 0 Å². The van der Waals surface area contributed by atoms with Gasteiger partial charge in [-0.2, -0.15) is 0 Å². The predicted molar refractivity (Wildman–Crippen MR) is 98.4 cm³/mol. The number of carbonyl (C=O) groups is 2. The van der Waals surface area contributed by atoms with Crippen molar-refractivity contribution in [1.82, 2.24) is 16.0 Å². The van der Waals surface area contributed by atoms with Gasteiger partial charge in [0.15, 0.2) is 0 Å². The molecule has 0 bridgehead atoms. The molecule has 2 rings (SSSR count). The normalized spacial score (nSPS) is 14.0. The maximum Gasteiger partial charge on any atom is 0.251 e. The first-order valence-corrected chi connectivity index (χ1v) is 8.56. The summed E-state index contributed by atoms with van der Waals surface area (Å²) in [4.78, 5) is 23.9. The molecular weight excluding hydrogens is 326 g/mol. The molecule has 0 saturated heterocycles. The molecule has 0 atom stereocenters. The van der Waals surface area contributed by atoms with E-state index in [1.807, 2.05) is 19.1 Å². The fraction of sp³-hybridized carbons (Fsp3) is 0.556. The van der Waals surface area contributed by atoms with E-state index in [0.29, 0.717) is 18.7 Å². The third-order valence-electron chi connectivity index (χ3n) is 4.25. The zero-order valence-electron chi connectivity index (χ0n) is 14.3. The molecule has 1 fully saturated rings. The van der Waals surface area contributed by atoms with Crippen molar-refractivity contribution in [3.05, 3.63) is 35.4 Å². The van der Waals surface area contributed by atoms with Crippen LogP contribution < -0.4 is 16.0 Å². The Kier molecular flexibility index (Phi) is 9.42. The van der Waals surface area contributed by atoms with Crippen LogP contribution in [0.15, 0.2) is 24.3 Å². The molecule has 1 saturated carbocycles. The first-order chi connectivity index (χ1) is 11.2. The number of halogens is 1. The molecule has 3 N–H and O–H groups in total. The molecule has 1 aromatic rings. The molecule has 0 aliphatic heterocycles. The van der Waals surface area contributed by atoms with Crippen molar-refractivity contribution in [2.45, 2.75) is 39.2 Å². The summed E-state index contributed by atoms with van der Waals surface area (Å²) >= 11 is 0. The SMILES string of the molecule is CCNCCNC(=O)c1ccc(CNC(=O)C2CCCC2)cc1.Cl. The summed E-state index contributed by atoms with van der Waals surface area (Å²) in [6.07, 6.45) is 4.35. The van der Waals surface area contributed by atoms with Crippen LogP contribution in [0, 0.1) is 5.92 Å². The zero-order chi connectivity index (χ0) is 16.5. The van der Waals surface area contributed by atoms with Gasteiger partial charge in [-0.25, -0.2) is 0 Å². The zero-order valence-corrected chi connectivity index (χ0v) is 15.1. The van der Waals surface area contributed by atoms with E-state index in [4.69, 9.17) is 0 Å². The maximum atomic E-state index is 12.0. The predicted octanol–water partition coefficient (Wildman–Crippen LogP) is 2.25. The summed E-state index contributed by atoms with van der Waals surface area (Å²) in [6.45, 7) is 4.85. The fourth-order valence-corrected chi connectivity index (χ4v) is 2.84. The summed E-state index contributed by atoms with van der Waals surface area (Å²) < 4.78 is 0. The minimum absolute atomic E-state index is 0. The maximum absolute atomic E-state index is 12.0. The second-order valence-corrected chi connectivity index (χ2v) is 6.01. The number of likely N-dealkylation sites (N-methyl/N-ethyl adjacent to an activating group) is 1. The average molecular weight is 354 g/mol. The van der Waals surface area contributed by atoms with Gasteiger partial charge in [0.05, 0.1) is 0 Å². The van der Waals surface area contributed by atoms with Gasteiger partial charge in [-0.3, -0.25) is 9.59 Å². The summed E-state index contributed by atoms with van der Waals surface area (Å²) in [6, 6.07) is 7.40. The number of carbonyl (C=O) groups excluding carboxylic acids is 2. The van der Waals surface area contributed by atoms with Gasteiger partial charge in [0.25, 0.3) is 5.91 Å². The summed E-state index contributed by atoms with van der Waals surface area (Å²) in [5.74, 6) is 0.286. The number of hydrogen-bond donors (Lipinski definition) is 3. The molecule has 0 heterocycles. The molecule has 24 heavy (non-hydrogen) atoms. The Labute approximate surface area is 150 Å². The first kappa shape index (κ1) is 20.5. The Morgan fingerprint density at radius 1 is 1.04 bits per heavy atom. The van der Waals surface area contributed by atoms with Crippen molar-refractivity contribution in [2.24, 2.45) is 5.92 Å². The van der Waals surface area contributed by atoms with Crippen LogP contribution in [0.4, 0.5) is 0 Å². The van der Waals surface area contributed by atoms with Gasteiger partial charge in [-0.15, -0.1) is 12.4 Å². The highest BCUT2D eigenvalue weighted by atomic mass is 35.5. The Bertz CT molecular complexity index is 514. The number of benzene rings is 1. The topological polar surface area (TPSA) is 70.2 Å². The Hall–Kier alpha value is -1.59. The minimum atomic E-state index is -0.0653. The highest BCUT2D eigenvalue weighted by Gasteiger charge is 2.22. The van der Waals surface area contributed by atoms with E-state index in [0.717, 1.165) is 44.3 Å². The molecular formula is C18H28ClN3O2. The molecule has 1 aromatic carbocycles. The van der Waals surface area contributed by atoms with Gasteiger partial charge in [0.1, 0.15) is 0 Å². The van der Waals surface area contributed by atoms with Crippen LogP contribution in [-0.4, -0.2) is 31.4 Å². The van der Waals surface area contributed by atoms with Crippen molar-refractivity contribution >= 4 is 24.2 Å². The van der Waals surface area contributed by atoms with Gasteiger partial charge in [-0.1, -0.05) is 31.9 Å². The number of hydrogen-bond acceptors (Lipinski definition) is 3. The van der Waals surface area contributed by atoms with Crippen molar-refractivity contribution in [3.8, 4) is 0 Å². The molecule has 0 spiro atoms. The van der Waals surface area contributed by atoms with Crippen molar-refractivity contribution in [1.29, 1.82) is 0 Å². The van der Waals surface area contributed by atoms with Gasteiger partial charge in [0.2, 0.25) is 5.91 Å². The van der Waals surface area contributed by atoms with Crippen LogP contribution in [0.3, 0.4) is 0 Å². The third kappa shape index (κ3) is 6.49. The molecule has 0 unspecified atom stereocenters. The van der Waals surface area contributed by atoms with Crippen LogP contribution in [-0.2, 0) is 11.3 Å².